The molecule has 1 aliphatic rings. The zero-order valence-electron chi connectivity index (χ0n) is 12.9. The van der Waals surface area contributed by atoms with Gasteiger partial charge in [-0.3, -0.25) is 9.59 Å². The molecule has 3 rings (SSSR count). The maximum absolute atomic E-state index is 13.2. The number of nitrogens with one attached hydrogen (secondary N) is 1. The van der Waals surface area contributed by atoms with Crippen molar-refractivity contribution in [2.24, 2.45) is 0 Å². The smallest absolute Gasteiger partial charge is 0.256 e. The zero-order valence-corrected chi connectivity index (χ0v) is 13.7. The summed E-state index contributed by atoms with van der Waals surface area (Å²) in [7, 11) is 0. The van der Waals surface area contributed by atoms with Crippen LogP contribution in [0.1, 0.15) is 33.3 Å². The Bertz CT molecular complexity index is 869. The minimum Gasteiger partial charge on any atom is -0.337 e. The summed E-state index contributed by atoms with van der Waals surface area (Å²) in [6, 6.07) is 7.51. The molecule has 0 bridgehead atoms. The summed E-state index contributed by atoms with van der Waals surface area (Å²) in [4.78, 5) is 26.4. The van der Waals surface area contributed by atoms with Gasteiger partial charge in [0.15, 0.2) is 0 Å². The Morgan fingerprint density at radius 2 is 2.21 bits per heavy atom. The predicted molar refractivity (Wildman–Crippen MR) is 88.2 cm³/mol. The molecule has 2 heterocycles. The first-order valence-corrected chi connectivity index (χ1v) is 8.18. The second-order valence-corrected chi connectivity index (χ2v) is 6.58. The first-order valence-electron chi connectivity index (χ1n) is 7.36. The summed E-state index contributed by atoms with van der Waals surface area (Å²) in [5.41, 5.74) is 1.51. The van der Waals surface area contributed by atoms with Crippen molar-refractivity contribution in [3.8, 4) is 6.07 Å². The number of anilines is 1. The molecule has 2 aromatic rings. The van der Waals surface area contributed by atoms with E-state index in [2.05, 4.69) is 11.4 Å². The first-order chi connectivity index (χ1) is 11.5. The molecule has 0 spiro atoms. The lowest BCUT2D eigenvalue weighted by atomic mass is 10.0. The Kier molecular flexibility index (Phi) is 4.32. The molecular weight excluding hydrogens is 329 g/mol. The number of hydrogen-bond donors (Lipinski definition) is 1. The highest BCUT2D eigenvalue weighted by molar-refractivity contribution is 7.16. The van der Waals surface area contributed by atoms with Gasteiger partial charge in [-0.15, -0.1) is 11.3 Å². The number of benzene rings is 1. The van der Waals surface area contributed by atoms with E-state index in [4.69, 9.17) is 0 Å². The molecule has 1 aliphatic heterocycles. The third-order valence-electron chi connectivity index (χ3n) is 3.93. The maximum atomic E-state index is 13.2. The van der Waals surface area contributed by atoms with E-state index in [9.17, 15) is 19.2 Å². The molecular formula is C17H14FN3O2S. The van der Waals surface area contributed by atoms with Crippen LogP contribution < -0.4 is 5.32 Å². The van der Waals surface area contributed by atoms with Crippen LogP contribution in [-0.2, 0) is 17.8 Å². The van der Waals surface area contributed by atoms with Crippen LogP contribution in [0.5, 0.6) is 0 Å². The highest BCUT2D eigenvalue weighted by atomic mass is 32.1. The van der Waals surface area contributed by atoms with Gasteiger partial charge >= 0.3 is 0 Å². The molecule has 0 atom stereocenters. The molecule has 0 saturated heterocycles. The summed E-state index contributed by atoms with van der Waals surface area (Å²) >= 11 is 1.29. The third-order valence-corrected chi connectivity index (χ3v) is 5.06. The molecule has 0 unspecified atom stereocenters. The number of nitriles is 1. The number of thiophene rings is 1. The number of nitrogens with zero attached hydrogens (tertiary/aromatic N) is 2. The average molecular weight is 343 g/mol. The molecule has 24 heavy (non-hydrogen) atoms. The fourth-order valence-electron chi connectivity index (χ4n) is 2.68. The molecule has 5 nitrogen and oxygen atoms in total. The molecule has 1 N–H and O–H groups in total. The minimum atomic E-state index is -0.495. The normalized spacial score (nSPS) is 13.1. The van der Waals surface area contributed by atoms with Gasteiger partial charge in [0.25, 0.3) is 5.91 Å². The number of amides is 2. The lowest BCUT2D eigenvalue weighted by Gasteiger charge is -2.25. The minimum absolute atomic E-state index is 0.0158. The zero-order chi connectivity index (χ0) is 17.3. The van der Waals surface area contributed by atoms with Crippen molar-refractivity contribution >= 4 is 28.2 Å². The number of carbonyl (C=O) groups excluding carboxylic acids is 2. The van der Waals surface area contributed by atoms with Crippen LogP contribution in [0.2, 0.25) is 0 Å². The van der Waals surface area contributed by atoms with Crippen molar-refractivity contribution in [3.63, 3.8) is 0 Å². The fourth-order valence-corrected chi connectivity index (χ4v) is 3.89. The lowest BCUT2D eigenvalue weighted by Crippen LogP contribution is -2.33. The van der Waals surface area contributed by atoms with Gasteiger partial charge in [-0.25, -0.2) is 4.39 Å². The van der Waals surface area contributed by atoms with Gasteiger partial charge in [-0.05, 0) is 30.2 Å². The topological polar surface area (TPSA) is 73.2 Å². The molecule has 0 saturated carbocycles. The Hall–Kier alpha value is -2.72. The molecule has 122 valence electrons. The molecule has 2 amide bonds. The third kappa shape index (κ3) is 3.01. The van der Waals surface area contributed by atoms with Crippen LogP contribution >= 0.6 is 11.3 Å². The quantitative estimate of drug-likeness (QED) is 0.911. The van der Waals surface area contributed by atoms with Gasteiger partial charge < -0.3 is 10.2 Å². The second kappa shape index (κ2) is 6.42. The Labute approximate surface area is 142 Å². The summed E-state index contributed by atoms with van der Waals surface area (Å²) < 4.78 is 13.2. The van der Waals surface area contributed by atoms with Crippen molar-refractivity contribution in [1.29, 1.82) is 5.26 Å². The van der Waals surface area contributed by atoms with Gasteiger partial charge in [0.2, 0.25) is 5.91 Å². The van der Waals surface area contributed by atoms with E-state index in [0.29, 0.717) is 30.1 Å². The average Bonchev–Trinajstić information content (AvgIpc) is 2.90. The van der Waals surface area contributed by atoms with Crippen molar-refractivity contribution in [2.75, 3.05) is 11.9 Å². The van der Waals surface area contributed by atoms with Crippen LogP contribution in [0.3, 0.4) is 0 Å². The SMILES string of the molecule is CC(=O)N1CCc2c(sc(NC(=O)c3cccc(F)c3)c2C#N)C1. The summed E-state index contributed by atoms with van der Waals surface area (Å²) in [6.07, 6.45) is 0.587. The highest BCUT2D eigenvalue weighted by Gasteiger charge is 2.26. The lowest BCUT2D eigenvalue weighted by molar-refractivity contribution is -0.129. The van der Waals surface area contributed by atoms with E-state index < -0.39 is 11.7 Å². The highest BCUT2D eigenvalue weighted by Crippen LogP contribution is 2.36. The van der Waals surface area contributed by atoms with Crippen molar-refractivity contribution in [2.45, 2.75) is 19.9 Å². The summed E-state index contributed by atoms with van der Waals surface area (Å²) in [6.45, 7) is 2.52. The van der Waals surface area contributed by atoms with Gasteiger partial charge in [0.05, 0.1) is 12.1 Å². The molecule has 1 aromatic carbocycles. The summed E-state index contributed by atoms with van der Waals surface area (Å²) in [5, 5.41) is 12.6. The van der Waals surface area contributed by atoms with Crippen molar-refractivity contribution in [1.82, 2.24) is 4.90 Å². The van der Waals surface area contributed by atoms with E-state index >= 15 is 0 Å². The molecule has 0 fully saturated rings. The van der Waals surface area contributed by atoms with Crippen LogP contribution in [0.15, 0.2) is 24.3 Å². The van der Waals surface area contributed by atoms with E-state index in [0.717, 1.165) is 16.5 Å². The van der Waals surface area contributed by atoms with E-state index in [-0.39, 0.29) is 11.5 Å². The second-order valence-electron chi connectivity index (χ2n) is 5.47. The first kappa shape index (κ1) is 16.1. The number of fused-ring (bicyclic) bond motifs is 1. The maximum Gasteiger partial charge on any atom is 0.256 e. The predicted octanol–water partition coefficient (Wildman–Crippen LogP) is 2.92. The molecule has 0 radical (unpaired) electrons. The monoisotopic (exact) mass is 343 g/mol. The van der Waals surface area contributed by atoms with Crippen LogP contribution in [0.25, 0.3) is 0 Å². The number of hydrogen-bond acceptors (Lipinski definition) is 4. The van der Waals surface area contributed by atoms with Gasteiger partial charge in [-0.2, -0.15) is 5.26 Å². The Balaban J connectivity index is 1.88. The van der Waals surface area contributed by atoms with Gasteiger partial charge in [-0.1, -0.05) is 6.07 Å². The largest absolute Gasteiger partial charge is 0.337 e. The van der Waals surface area contributed by atoms with Gasteiger partial charge in [0, 0.05) is 23.9 Å². The fraction of sp³-hybridized carbons (Fsp3) is 0.235. The van der Waals surface area contributed by atoms with Crippen LogP contribution in [0.4, 0.5) is 9.39 Å². The number of halogens is 1. The van der Waals surface area contributed by atoms with Gasteiger partial charge in [0.1, 0.15) is 16.9 Å². The molecule has 0 aliphatic carbocycles. The van der Waals surface area contributed by atoms with Crippen LogP contribution in [0, 0.1) is 17.1 Å². The number of rotatable bonds is 2. The number of carbonyl (C=O) groups is 2. The van der Waals surface area contributed by atoms with E-state index in [1.807, 2.05) is 0 Å². The van der Waals surface area contributed by atoms with E-state index in [1.165, 1.54) is 36.5 Å². The van der Waals surface area contributed by atoms with E-state index in [1.54, 1.807) is 4.90 Å². The Morgan fingerprint density at radius 1 is 1.42 bits per heavy atom. The standard InChI is InChI=1S/C17H14FN3O2S/c1-10(22)21-6-5-13-14(8-19)17(24-15(13)9-21)20-16(23)11-3-2-4-12(18)7-11/h2-4,7H,5-6,9H2,1H3,(H,20,23). The molecule has 7 heteroatoms. The Morgan fingerprint density at radius 3 is 2.88 bits per heavy atom. The summed E-state index contributed by atoms with van der Waals surface area (Å²) in [5.74, 6) is -0.975. The van der Waals surface area contributed by atoms with Crippen molar-refractivity contribution in [3.05, 3.63) is 51.7 Å². The molecule has 1 aromatic heterocycles. The van der Waals surface area contributed by atoms with Crippen LogP contribution in [-0.4, -0.2) is 23.3 Å². The van der Waals surface area contributed by atoms with Crippen molar-refractivity contribution < 1.29 is 14.0 Å².